The molecule has 0 spiro atoms. The first kappa shape index (κ1) is 59.3. The highest BCUT2D eigenvalue weighted by Crippen LogP contribution is 2.39. The predicted octanol–water partition coefficient (Wildman–Crippen LogP) is 12.2. The molecule has 0 aliphatic heterocycles. The molecule has 1 rings (SSSR count). The fourth-order valence-electron chi connectivity index (χ4n) is 5.20. The molecule has 0 radical (unpaired) electrons. The Morgan fingerprint density at radius 2 is 0.450 bits per heavy atom. The lowest BCUT2D eigenvalue weighted by atomic mass is 10.2. The van der Waals surface area contributed by atoms with E-state index in [2.05, 4.69) is 177 Å². The van der Waals surface area contributed by atoms with Gasteiger partial charge in [0, 0.05) is 0 Å². The highest BCUT2D eigenvalue weighted by atomic mass is 28.6. The molecule has 352 valence electrons. The monoisotopic (exact) mass is 1060 g/mol. The van der Waals surface area contributed by atoms with E-state index < -0.39 is 111 Å². The molecule has 0 bridgehead atoms. The van der Waals surface area contributed by atoms with Crippen LogP contribution in [0.4, 0.5) is 0 Å². The molecular weight excluding hydrogens is 977 g/mol. The molecular formula is C35H88O12Si13. The van der Waals surface area contributed by atoms with E-state index >= 15 is 0 Å². The lowest BCUT2D eigenvalue weighted by Crippen LogP contribution is -2.75. The zero-order valence-electron chi connectivity index (χ0n) is 42.9. The molecule has 60 heavy (non-hydrogen) atoms. The minimum Gasteiger partial charge on any atom is -0.396 e. The predicted molar refractivity (Wildman–Crippen MR) is 282 cm³/mol. The van der Waals surface area contributed by atoms with E-state index in [0.29, 0.717) is 0 Å². The van der Waals surface area contributed by atoms with Crippen LogP contribution in [0.2, 0.25) is 177 Å². The van der Waals surface area contributed by atoms with Gasteiger partial charge in [-0.15, -0.1) is 0 Å². The van der Waals surface area contributed by atoms with Crippen LogP contribution in [0.25, 0.3) is 6.08 Å². The van der Waals surface area contributed by atoms with Crippen LogP contribution in [0.3, 0.4) is 0 Å². The second kappa shape index (κ2) is 20.7. The van der Waals surface area contributed by atoms with Gasteiger partial charge in [-0.05, 0) is 188 Å². The Bertz CT molecular complexity index is 1250. The van der Waals surface area contributed by atoms with E-state index in [1.807, 2.05) is 42.1 Å². The van der Waals surface area contributed by atoms with Gasteiger partial charge >= 0.3 is 35.9 Å². The molecule has 0 aliphatic carbocycles. The molecule has 0 saturated heterocycles. The second-order valence-electron chi connectivity index (χ2n) is 24.1. The van der Waals surface area contributed by atoms with Crippen molar-refractivity contribution in [3.63, 3.8) is 0 Å². The van der Waals surface area contributed by atoms with E-state index in [1.165, 1.54) is 0 Å². The molecule has 0 N–H and O–H groups in total. The average Bonchev–Trinajstić information content (AvgIpc) is 2.82. The first-order valence-electron chi connectivity index (χ1n) is 21.2. The minimum absolute atomic E-state index is 0.895. The first-order valence-corrected chi connectivity index (χ1v) is 58.6. The van der Waals surface area contributed by atoms with Gasteiger partial charge in [0.1, 0.15) is 0 Å². The summed E-state index contributed by atoms with van der Waals surface area (Å²) in [6, 6.07) is 10.0. The Balaban J connectivity index is 5.05. The van der Waals surface area contributed by atoms with Crippen molar-refractivity contribution in [3.8, 4) is 0 Å². The third-order valence-corrected chi connectivity index (χ3v) is 44.0. The van der Waals surface area contributed by atoms with Crippen LogP contribution < -0.4 is 0 Å². The van der Waals surface area contributed by atoms with Crippen LogP contribution in [-0.2, 0) is 49.4 Å². The standard InChI is InChI=1S/C35H88O12Si13/c1-48(2,3)36-58(37-49(4,5)6,38-50(7,8)9)45-57(34-33-35-31-29-28-30-32-35,46-59(39-51(10,11)12,40-52(13,14)15)41-53(16,17)18)47-60(42-54(19,20)21,43-55(22,23)24)44-56(25,26)27/h28-34H,1-27H3. The summed E-state index contributed by atoms with van der Waals surface area (Å²) in [5, 5.41) is 0. The van der Waals surface area contributed by atoms with Crippen molar-refractivity contribution in [2.45, 2.75) is 177 Å². The van der Waals surface area contributed by atoms with Crippen molar-refractivity contribution in [2.75, 3.05) is 0 Å². The number of hydrogen-bond acceptors (Lipinski definition) is 12. The van der Waals surface area contributed by atoms with Crippen molar-refractivity contribution in [1.29, 1.82) is 0 Å². The SMILES string of the molecule is C[Si](C)(C)O[Si](O[Si](C)(C)C)(O[Si](C)(C)C)O[Si](C=Cc1ccccc1)(O[Si](O[Si](C)(C)C)(O[Si](C)(C)C)O[Si](C)(C)C)O[Si](O[Si](C)(C)C)(O[Si](C)(C)C)O[Si](C)(C)C. The summed E-state index contributed by atoms with van der Waals surface area (Å²) in [5.41, 5.74) is 2.79. The van der Waals surface area contributed by atoms with Gasteiger partial charge in [-0.1, -0.05) is 36.4 Å². The molecule has 1 aromatic carbocycles. The average molecular weight is 1070 g/mol. The van der Waals surface area contributed by atoms with Gasteiger partial charge in [0.25, 0.3) is 0 Å². The third kappa shape index (κ3) is 26.4. The molecule has 0 aliphatic rings. The summed E-state index contributed by atoms with van der Waals surface area (Å²) < 4.78 is 89.0. The zero-order valence-corrected chi connectivity index (χ0v) is 55.9. The van der Waals surface area contributed by atoms with Gasteiger partial charge in [0.15, 0.2) is 74.9 Å². The van der Waals surface area contributed by atoms with Gasteiger partial charge < -0.3 is 49.4 Å². The van der Waals surface area contributed by atoms with E-state index in [1.54, 1.807) is 0 Å². The molecule has 0 atom stereocenters. The van der Waals surface area contributed by atoms with Crippen LogP contribution in [0.15, 0.2) is 36.0 Å². The Labute approximate surface area is 382 Å². The Morgan fingerprint density at radius 3 is 0.617 bits per heavy atom. The molecule has 0 heterocycles. The molecule has 25 heteroatoms. The minimum atomic E-state index is -4.70. The fourth-order valence-corrected chi connectivity index (χ4v) is 49.0. The summed E-state index contributed by atoms with van der Waals surface area (Å²) in [5.74, 6) is 0. The number of benzene rings is 1. The number of rotatable bonds is 26. The van der Waals surface area contributed by atoms with Crippen molar-refractivity contribution in [1.82, 2.24) is 0 Å². The summed E-state index contributed by atoms with van der Waals surface area (Å²) in [7, 11) is -40.4. The zero-order chi connectivity index (χ0) is 47.5. The van der Waals surface area contributed by atoms with Crippen LogP contribution in [-0.4, -0.2) is 111 Å². The molecule has 12 nitrogen and oxygen atoms in total. The Morgan fingerprint density at radius 1 is 0.267 bits per heavy atom. The van der Waals surface area contributed by atoms with E-state index in [4.69, 9.17) is 49.4 Å². The summed E-state index contributed by atoms with van der Waals surface area (Å²) in [4.78, 5) is 0. The molecule has 0 aromatic heterocycles. The second-order valence-corrected chi connectivity index (χ2v) is 76.4. The van der Waals surface area contributed by atoms with E-state index in [9.17, 15) is 0 Å². The van der Waals surface area contributed by atoms with Gasteiger partial charge in [0.2, 0.25) is 0 Å². The topological polar surface area (TPSA) is 111 Å². The third-order valence-electron chi connectivity index (χ3n) is 5.96. The Kier molecular flexibility index (Phi) is 20.4. The van der Waals surface area contributed by atoms with Crippen LogP contribution in [0.5, 0.6) is 0 Å². The molecule has 1 aromatic rings. The van der Waals surface area contributed by atoms with Crippen molar-refractivity contribution in [3.05, 3.63) is 41.6 Å². The van der Waals surface area contributed by atoms with Gasteiger partial charge in [0.05, 0.1) is 0 Å². The smallest absolute Gasteiger partial charge is 0.396 e. The molecule has 0 fully saturated rings. The van der Waals surface area contributed by atoms with E-state index in [0.717, 1.165) is 5.56 Å². The summed E-state index contributed by atoms with van der Waals surface area (Å²) in [6.07, 6.45) is 1.97. The fraction of sp³-hybridized carbons (Fsp3) is 0.771. The van der Waals surface area contributed by atoms with Crippen LogP contribution in [0, 0.1) is 0 Å². The molecule has 0 saturated carbocycles. The van der Waals surface area contributed by atoms with Crippen molar-refractivity contribution in [2.24, 2.45) is 0 Å². The maximum atomic E-state index is 7.84. The van der Waals surface area contributed by atoms with Crippen LogP contribution >= 0.6 is 0 Å². The lowest BCUT2D eigenvalue weighted by molar-refractivity contribution is 0.0513. The highest BCUT2D eigenvalue weighted by molar-refractivity contribution is 6.98. The van der Waals surface area contributed by atoms with Crippen LogP contribution in [0.1, 0.15) is 5.56 Å². The van der Waals surface area contributed by atoms with Crippen molar-refractivity contribution >= 4 is 117 Å². The van der Waals surface area contributed by atoms with Gasteiger partial charge in [-0.25, -0.2) is 0 Å². The largest absolute Gasteiger partial charge is 0.640 e. The van der Waals surface area contributed by atoms with Gasteiger partial charge in [-0.3, -0.25) is 0 Å². The highest BCUT2D eigenvalue weighted by Gasteiger charge is 2.70. The summed E-state index contributed by atoms with van der Waals surface area (Å²) in [6.45, 7) is 57.3. The van der Waals surface area contributed by atoms with Gasteiger partial charge in [-0.2, -0.15) is 0 Å². The van der Waals surface area contributed by atoms with E-state index in [-0.39, 0.29) is 0 Å². The molecule has 0 amide bonds. The molecule has 0 unspecified atom stereocenters. The maximum absolute atomic E-state index is 7.84. The maximum Gasteiger partial charge on any atom is 0.640 e. The Hall–Kier alpha value is 1.30. The normalized spacial score (nSPS) is 15.7. The van der Waals surface area contributed by atoms with Crippen molar-refractivity contribution < 1.29 is 49.4 Å². The summed E-state index contributed by atoms with van der Waals surface area (Å²) >= 11 is 0. The first-order chi connectivity index (χ1) is 26.1. The number of hydrogen-bond donors (Lipinski definition) is 0. The lowest BCUT2D eigenvalue weighted by Gasteiger charge is -2.50. The quantitative estimate of drug-likeness (QED) is 0.0824.